The van der Waals surface area contributed by atoms with Crippen molar-refractivity contribution in [3.8, 4) is 5.75 Å². The van der Waals surface area contributed by atoms with Crippen molar-refractivity contribution in [3.05, 3.63) is 23.8 Å². The van der Waals surface area contributed by atoms with Gasteiger partial charge in [-0.3, -0.25) is 4.79 Å². The Morgan fingerprint density at radius 1 is 1.27 bits per heavy atom. The van der Waals surface area contributed by atoms with Crippen molar-refractivity contribution in [1.29, 1.82) is 0 Å². The molecule has 0 aliphatic heterocycles. The van der Waals surface area contributed by atoms with E-state index < -0.39 is 15.6 Å². The summed E-state index contributed by atoms with van der Waals surface area (Å²) in [6.45, 7) is 7.68. The second kappa shape index (κ2) is 10.1. The van der Waals surface area contributed by atoms with Gasteiger partial charge in [0.05, 0.1) is 7.11 Å². The molecule has 0 radical (unpaired) electrons. The molecule has 1 aromatic carbocycles. The molecule has 7 nitrogen and oxygen atoms in total. The van der Waals surface area contributed by atoms with Gasteiger partial charge in [0, 0.05) is 23.7 Å². The molecule has 0 unspecified atom stereocenters. The van der Waals surface area contributed by atoms with Gasteiger partial charge in [-0.25, -0.2) is 13.1 Å². The van der Waals surface area contributed by atoms with Crippen molar-refractivity contribution < 1.29 is 17.9 Å². The monoisotopic (exact) mass is 407 g/mol. The number of halogens is 1. The zero-order chi connectivity index (χ0) is 19.3. The Balaban J connectivity index is 0.00000625. The van der Waals surface area contributed by atoms with E-state index >= 15 is 0 Å². The van der Waals surface area contributed by atoms with Gasteiger partial charge in [-0.15, -0.1) is 12.4 Å². The van der Waals surface area contributed by atoms with E-state index in [-0.39, 0.29) is 40.6 Å². The third-order valence-corrected chi connectivity index (χ3v) is 5.80. The van der Waals surface area contributed by atoms with Gasteiger partial charge in [0.1, 0.15) is 10.6 Å². The summed E-state index contributed by atoms with van der Waals surface area (Å²) in [7, 11) is -2.41. The van der Waals surface area contributed by atoms with Crippen LogP contribution in [0.25, 0.3) is 0 Å². The number of methoxy groups -OCH3 is 1. The third-order valence-electron chi connectivity index (χ3n) is 4.12. The second-order valence-corrected chi connectivity index (χ2v) is 8.08. The highest BCUT2D eigenvalue weighted by molar-refractivity contribution is 7.89. The first-order valence-electron chi connectivity index (χ1n) is 8.36. The van der Waals surface area contributed by atoms with Crippen LogP contribution in [0.3, 0.4) is 0 Å². The smallest absolute Gasteiger partial charge is 0.251 e. The quantitative estimate of drug-likeness (QED) is 0.580. The van der Waals surface area contributed by atoms with E-state index in [0.29, 0.717) is 6.54 Å². The van der Waals surface area contributed by atoms with Crippen LogP contribution in [0, 0.1) is 0 Å². The van der Waals surface area contributed by atoms with E-state index in [9.17, 15) is 13.2 Å². The maximum atomic E-state index is 12.5. The molecule has 0 fully saturated rings. The fraction of sp³-hybridized carbons (Fsp3) is 0.588. The Morgan fingerprint density at radius 3 is 2.31 bits per heavy atom. The summed E-state index contributed by atoms with van der Waals surface area (Å²) < 4.78 is 32.5. The molecule has 0 aliphatic rings. The summed E-state index contributed by atoms with van der Waals surface area (Å²) >= 11 is 0. The molecular weight excluding hydrogens is 378 g/mol. The lowest BCUT2D eigenvalue weighted by Crippen LogP contribution is -2.49. The van der Waals surface area contributed by atoms with Gasteiger partial charge in [-0.1, -0.05) is 13.8 Å². The number of hydrogen-bond donors (Lipinski definition) is 3. The molecule has 0 atom stereocenters. The van der Waals surface area contributed by atoms with Crippen molar-refractivity contribution >= 4 is 28.3 Å². The first kappa shape index (κ1) is 24.7. The van der Waals surface area contributed by atoms with Gasteiger partial charge < -0.3 is 15.8 Å². The highest BCUT2D eigenvalue weighted by Crippen LogP contribution is 2.25. The molecular formula is C17H30ClN3O4S. The van der Waals surface area contributed by atoms with Crippen molar-refractivity contribution in [1.82, 2.24) is 10.0 Å². The van der Waals surface area contributed by atoms with Gasteiger partial charge in [0.25, 0.3) is 5.91 Å². The van der Waals surface area contributed by atoms with Gasteiger partial charge in [0.2, 0.25) is 10.0 Å². The summed E-state index contributed by atoms with van der Waals surface area (Å²) in [5.74, 6) is -0.194. The Kier molecular flexibility index (Phi) is 9.58. The zero-order valence-corrected chi connectivity index (χ0v) is 17.6. The molecule has 0 saturated heterocycles. The Labute approximate surface area is 162 Å². The van der Waals surface area contributed by atoms with Gasteiger partial charge in [-0.2, -0.15) is 0 Å². The van der Waals surface area contributed by atoms with Crippen molar-refractivity contribution in [2.45, 2.75) is 57.0 Å². The molecule has 0 aromatic heterocycles. The van der Waals surface area contributed by atoms with Gasteiger partial charge >= 0.3 is 0 Å². The van der Waals surface area contributed by atoms with E-state index in [1.807, 2.05) is 13.8 Å². The van der Waals surface area contributed by atoms with E-state index in [1.54, 1.807) is 13.8 Å². The Morgan fingerprint density at radius 2 is 1.85 bits per heavy atom. The molecule has 0 spiro atoms. The predicted octanol–water partition coefficient (Wildman–Crippen LogP) is 2.05. The van der Waals surface area contributed by atoms with Crippen LogP contribution in [0.2, 0.25) is 0 Å². The molecule has 26 heavy (non-hydrogen) atoms. The standard InChI is InChI=1S/C17H29N3O4S.ClH/c1-6-17(18,7-2)11-19-16(21)13-8-9-14(24-5)15(10-13)25(22,23)20-12(3)4;/h8-10,12,20H,6-7,11,18H2,1-5H3,(H,19,21);1H. The topological polar surface area (TPSA) is 111 Å². The fourth-order valence-electron chi connectivity index (χ4n) is 2.26. The van der Waals surface area contributed by atoms with Crippen molar-refractivity contribution in [3.63, 3.8) is 0 Å². The van der Waals surface area contributed by atoms with Gasteiger partial charge in [0.15, 0.2) is 0 Å². The van der Waals surface area contributed by atoms with Crippen LogP contribution in [0.1, 0.15) is 50.9 Å². The number of carbonyl (C=O) groups is 1. The van der Waals surface area contributed by atoms with Crippen LogP contribution in [0.15, 0.2) is 23.1 Å². The number of sulfonamides is 1. The number of carbonyl (C=O) groups excluding carboxylic acids is 1. The molecule has 1 rings (SSSR count). The highest BCUT2D eigenvalue weighted by atomic mass is 35.5. The fourth-order valence-corrected chi connectivity index (χ4v) is 3.71. The molecule has 150 valence electrons. The van der Waals surface area contributed by atoms with Crippen LogP contribution in [0.4, 0.5) is 0 Å². The van der Waals surface area contributed by atoms with Crippen LogP contribution in [-0.4, -0.2) is 39.6 Å². The molecule has 9 heteroatoms. The van der Waals surface area contributed by atoms with E-state index in [2.05, 4.69) is 10.0 Å². The average Bonchev–Trinajstić information content (AvgIpc) is 2.57. The predicted molar refractivity (Wildman–Crippen MR) is 106 cm³/mol. The van der Waals surface area contributed by atoms with E-state index in [1.165, 1.54) is 25.3 Å². The molecule has 1 aromatic rings. The third kappa shape index (κ3) is 6.42. The number of benzene rings is 1. The lowest BCUT2D eigenvalue weighted by Gasteiger charge is -2.26. The van der Waals surface area contributed by atoms with E-state index in [4.69, 9.17) is 10.5 Å². The lowest BCUT2D eigenvalue weighted by atomic mass is 9.94. The van der Waals surface area contributed by atoms with Crippen LogP contribution in [0.5, 0.6) is 5.75 Å². The molecule has 0 bridgehead atoms. The molecule has 0 aliphatic carbocycles. The SMILES string of the molecule is CCC(N)(CC)CNC(=O)c1ccc(OC)c(S(=O)(=O)NC(C)C)c1.Cl. The molecule has 0 saturated carbocycles. The normalized spacial score (nSPS) is 11.8. The lowest BCUT2D eigenvalue weighted by molar-refractivity contribution is 0.0942. The van der Waals surface area contributed by atoms with Crippen LogP contribution >= 0.6 is 12.4 Å². The maximum Gasteiger partial charge on any atom is 0.251 e. The maximum absolute atomic E-state index is 12.5. The van der Waals surface area contributed by atoms with Gasteiger partial charge in [-0.05, 0) is 44.9 Å². The van der Waals surface area contributed by atoms with Crippen molar-refractivity contribution in [2.75, 3.05) is 13.7 Å². The summed E-state index contributed by atoms with van der Waals surface area (Å²) in [5.41, 5.74) is 5.94. The summed E-state index contributed by atoms with van der Waals surface area (Å²) in [5, 5.41) is 2.78. The Bertz CT molecular complexity index is 704. The number of nitrogens with two attached hydrogens (primary N) is 1. The molecule has 0 heterocycles. The first-order chi connectivity index (χ1) is 11.6. The minimum absolute atomic E-state index is 0. The van der Waals surface area contributed by atoms with Crippen LogP contribution < -0.4 is 20.5 Å². The summed E-state index contributed by atoms with van der Waals surface area (Å²) in [6.07, 6.45) is 1.45. The first-order valence-corrected chi connectivity index (χ1v) is 9.84. The zero-order valence-electron chi connectivity index (χ0n) is 16.0. The van der Waals surface area contributed by atoms with Crippen molar-refractivity contribution in [2.24, 2.45) is 5.73 Å². The summed E-state index contributed by atoms with van der Waals surface area (Å²) in [4.78, 5) is 12.3. The number of hydrogen-bond acceptors (Lipinski definition) is 5. The Hall–Kier alpha value is -1.35. The van der Waals surface area contributed by atoms with Crippen LogP contribution in [-0.2, 0) is 10.0 Å². The molecule has 4 N–H and O–H groups in total. The number of ether oxygens (including phenoxy) is 1. The second-order valence-electron chi connectivity index (χ2n) is 6.39. The number of rotatable bonds is 9. The minimum atomic E-state index is -3.79. The summed E-state index contributed by atoms with van der Waals surface area (Å²) in [6, 6.07) is 4.03. The number of nitrogens with one attached hydrogen (secondary N) is 2. The minimum Gasteiger partial charge on any atom is -0.495 e. The largest absolute Gasteiger partial charge is 0.495 e. The van der Waals surface area contributed by atoms with E-state index in [0.717, 1.165) is 12.8 Å². The molecule has 1 amide bonds. The number of amides is 1. The highest BCUT2D eigenvalue weighted by Gasteiger charge is 2.24. The average molecular weight is 408 g/mol.